The van der Waals surface area contributed by atoms with E-state index in [4.69, 9.17) is 0 Å². The third-order valence-electron chi connectivity index (χ3n) is 3.73. The summed E-state index contributed by atoms with van der Waals surface area (Å²) < 4.78 is 0. The Bertz CT molecular complexity index is 603. The van der Waals surface area contributed by atoms with Crippen molar-refractivity contribution in [3.63, 3.8) is 0 Å². The smallest absolute Gasteiger partial charge is 0.191 e. The molecule has 1 aromatic heterocycles. The number of aliphatic imine (C=N–C) groups is 1. The fourth-order valence-corrected chi connectivity index (χ4v) is 3.01. The summed E-state index contributed by atoms with van der Waals surface area (Å²) in [4.78, 5) is 6.75. The first-order valence-corrected chi connectivity index (χ1v) is 9.43. The molecule has 2 N–H and O–H groups in total. The van der Waals surface area contributed by atoms with Crippen LogP contribution in [-0.2, 0) is 13.0 Å². The van der Waals surface area contributed by atoms with Gasteiger partial charge in [0.05, 0.1) is 6.54 Å². The van der Waals surface area contributed by atoms with Crippen molar-refractivity contribution in [2.45, 2.75) is 26.3 Å². The van der Waals surface area contributed by atoms with Gasteiger partial charge >= 0.3 is 0 Å². The van der Waals surface area contributed by atoms with E-state index in [-0.39, 0.29) is 0 Å². The van der Waals surface area contributed by atoms with Gasteiger partial charge in [-0.2, -0.15) is 11.3 Å². The van der Waals surface area contributed by atoms with Crippen molar-refractivity contribution in [2.24, 2.45) is 4.99 Å². The Morgan fingerprint density at radius 2 is 1.88 bits per heavy atom. The van der Waals surface area contributed by atoms with Crippen molar-refractivity contribution in [2.75, 3.05) is 32.1 Å². The Kier molecular flexibility index (Phi) is 7.62. The molecule has 1 aromatic carbocycles. The summed E-state index contributed by atoms with van der Waals surface area (Å²) in [5, 5.41) is 11.0. The van der Waals surface area contributed by atoms with Gasteiger partial charge in [-0.15, -0.1) is 0 Å². The molecule has 0 amide bonds. The minimum Gasteiger partial charge on any atom is -0.378 e. The van der Waals surface area contributed by atoms with E-state index in [1.165, 1.54) is 16.8 Å². The highest BCUT2D eigenvalue weighted by atomic mass is 32.1. The van der Waals surface area contributed by atoms with Crippen molar-refractivity contribution in [1.29, 1.82) is 0 Å². The van der Waals surface area contributed by atoms with E-state index in [1.54, 1.807) is 11.3 Å². The monoisotopic (exact) mass is 344 g/mol. The van der Waals surface area contributed by atoms with E-state index in [0.29, 0.717) is 0 Å². The molecule has 5 heteroatoms. The zero-order chi connectivity index (χ0) is 17.2. The lowest BCUT2D eigenvalue weighted by atomic mass is 10.1. The largest absolute Gasteiger partial charge is 0.378 e. The van der Waals surface area contributed by atoms with Crippen LogP contribution in [0.4, 0.5) is 5.69 Å². The highest BCUT2D eigenvalue weighted by Gasteiger charge is 1.99. The average molecular weight is 345 g/mol. The number of anilines is 1. The number of thiophene rings is 1. The maximum Gasteiger partial charge on any atom is 0.191 e. The van der Waals surface area contributed by atoms with Crippen molar-refractivity contribution < 1.29 is 0 Å². The molecule has 1 heterocycles. The quantitative estimate of drug-likeness (QED) is 0.437. The summed E-state index contributed by atoms with van der Waals surface area (Å²) >= 11 is 1.71. The number of hydrogen-bond acceptors (Lipinski definition) is 3. The van der Waals surface area contributed by atoms with Crippen LogP contribution in [0.2, 0.25) is 0 Å². The zero-order valence-corrected chi connectivity index (χ0v) is 15.7. The summed E-state index contributed by atoms with van der Waals surface area (Å²) in [7, 11) is 4.13. The highest BCUT2D eigenvalue weighted by Crippen LogP contribution is 2.13. The number of hydrogen-bond donors (Lipinski definition) is 2. The van der Waals surface area contributed by atoms with E-state index in [1.807, 2.05) is 0 Å². The van der Waals surface area contributed by atoms with E-state index < -0.39 is 0 Å². The van der Waals surface area contributed by atoms with Crippen LogP contribution in [0, 0.1) is 0 Å². The van der Waals surface area contributed by atoms with Gasteiger partial charge in [-0.3, -0.25) is 0 Å². The van der Waals surface area contributed by atoms with Gasteiger partial charge in [-0.1, -0.05) is 12.1 Å². The molecule has 0 fully saturated rings. The van der Waals surface area contributed by atoms with Gasteiger partial charge in [0, 0.05) is 32.9 Å². The molecule has 0 saturated heterocycles. The Balaban J connectivity index is 1.74. The summed E-state index contributed by atoms with van der Waals surface area (Å²) in [6, 6.07) is 10.9. The lowest BCUT2D eigenvalue weighted by Crippen LogP contribution is -2.37. The minimum absolute atomic E-state index is 0.727. The van der Waals surface area contributed by atoms with E-state index in [0.717, 1.165) is 38.4 Å². The Morgan fingerprint density at radius 3 is 2.50 bits per heavy atom. The van der Waals surface area contributed by atoms with Crippen LogP contribution < -0.4 is 15.5 Å². The molecule has 0 saturated carbocycles. The van der Waals surface area contributed by atoms with Crippen molar-refractivity contribution in [3.05, 3.63) is 52.2 Å². The summed E-state index contributed by atoms with van der Waals surface area (Å²) in [6.07, 6.45) is 2.16. The van der Waals surface area contributed by atoms with E-state index in [9.17, 15) is 0 Å². The molecule has 130 valence electrons. The molecule has 0 atom stereocenters. The number of nitrogens with zero attached hydrogens (tertiary/aromatic N) is 2. The lowest BCUT2D eigenvalue weighted by Gasteiger charge is -2.13. The van der Waals surface area contributed by atoms with Crippen molar-refractivity contribution in [3.8, 4) is 0 Å². The van der Waals surface area contributed by atoms with Crippen LogP contribution in [0.15, 0.2) is 46.1 Å². The van der Waals surface area contributed by atoms with Crippen LogP contribution >= 0.6 is 11.3 Å². The van der Waals surface area contributed by atoms with Crippen molar-refractivity contribution in [1.82, 2.24) is 10.6 Å². The normalized spacial score (nSPS) is 11.4. The van der Waals surface area contributed by atoms with Crippen LogP contribution in [0.1, 0.15) is 24.5 Å². The first kappa shape index (κ1) is 18.3. The van der Waals surface area contributed by atoms with Gasteiger partial charge in [0.15, 0.2) is 5.96 Å². The predicted molar refractivity (Wildman–Crippen MR) is 106 cm³/mol. The predicted octanol–water partition coefficient (Wildman–Crippen LogP) is 3.50. The fraction of sp³-hybridized carbons (Fsp3) is 0.421. The molecular formula is C19H28N4S. The lowest BCUT2D eigenvalue weighted by molar-refractivity contribution is 0.744. The minimum atomic E-state index is 0.727. The van der Waals surface area contributed by atoms with E-state index >= 15 is 0 Å². The Morgan fingerprint density at radius 1 is 1.08 bits per heavy atom. The molecule has 0 aliphatic heterocycles. The second-order valence-electron chi connectivity index (χ2n) is 5.92. The number of aryl methyl sites for hydroxylation is 1. The van der Waals surface area contributed by atoms with E-state index in [2.05, 4.69) is 82.6 Å². The van der Waals surface area contributed by atoms with Crippen LogP contribution in [0.5, 0.6) is 0 Å². The van der Waals surface area contributed by atoms with Crippen molar-refractivity contribution >= 4 is 23.0 Å². The third-order valence-corrected chi connectivity index (χ3v) is 4.46. The first-order chi connectivity index (χ1) is 11.7. The van der Waals surface area contributed by atoms with Gasteiger partial charge in [0.25, 0.3) is 0 Å². The SMILES string of the molecule is CCNC(=NCc1ccsc1)NCCCc1ccc(N(C)C)cc1. The number of guanidine groups is 1. The highest BCUT2D eigenvalue weighted by molar-refractivity contribution is 7.07. The van der Waals surface area contributed by atoms with Gasteiger partial charge in [-0.05, 0) is 59.9 Å². The number of rotatable bonds is 8. The standard InChI is InChI=1S/C19H28N4S/c1-4-20-19(22-14-17-11-13-24-15-17)21-12-5-6-16-7-9-18(10-8-16)23(2)3/h7-11,13,15H,4-6,12,14H2,1-3H3,(H2,20,21,22). The zero-order valence-electron chi connectivity index (χ0n) is 14.9. The molecule has 0 bridgehead atoms. The summed E-state index contributed by atoms with van der Waals surface area (Å²) in [5.41, 5.74) is 3.88. The molecule has 4 nitrogen and oxygen atoms in total. The average Bonchev–Trinajstić information content (AvgIpc) is 3.10. The number of nitrogens with one attached hydrogen (secondary N) is 2. The molecule has 24 heavy (non-hydrogen) atoms. The van der Waals surface area contributed by atoms with Crippen LogP contribution in [-0.4, -0.2) is 33.1 Å². The first-order valence-electron chi connectivity index (χ1n) is 8.48. The molecule has 0 aliphatic rings. The van der Waals surface area contributed by atoms with Crippen LogP contribution in [0.3, 0.4) is 0 Å². The third kappa shape index (κ3) is 6.24. The maximum absolute atomic E-state index is 4.63. The second kappa shape index (κ2) is 9.98. The Hall–Kier alpha value is -2.01. The van der Waals surface area contributed by atoms with Gasteiger partial charge in [0.1, 0.15) is 0 Å². The molecule has 0 unspecified atom stereocenters. The topological polar surface area (TPSA) is 39.7 Å². The maximum atomic E-state index is 4.63. The van der Waals surface area contributed by atoms with Gasteiger partial charge in [0.2, 0.25) is 0 Å². The molecular weight excluding hydrogens is 316 g/mol. The summed E-state index contributed by atoms with van der Waals surface area (Å²) in [5.74, 6) is 0.895. The Labute approximate surface area is 149 Å². The molecule has 2 rings (SSSR count). The second-order valence-corrected chi connectivity index (χ2v) is 6.70. The van der Waals surface area contributed by atoms with Crippen LogP contribution in [0.25, 0.3) is 0 Å². The molecule has 0 spiro atoms. The molecule has 2 aromatic rings. The van der Waals surface area contributed by atoms with Gasteiger partial charge in [-0.25, -0.2) is 4.99 Å². The fourth-order valence-electron chi connectivity index (χ4n) is 2.35. The molecule has 0 radical (unpaired) electrons. The summed E-state index contributed by atoms with van der Waals surface area (Å²) in [6.45, 7) is 4.62. The van der Waals surface area contributed by atoms with Gasteiger partial charge < -0.3 is 15.5 Å². The number of benzene rings is 1. The molecule has 0 aliphatic carbocycles.